The van der Waals surface area contributed by atoms with Crippen LogP contribution in [0, 0.1) is 0 Å². The van der Waals surface area contributed by atoms with E-state index in [0.29, 0.717) is 33.8 Å². The van der Waals surface area contributed by atoms with E-state index in [1.165, 1.54) is 14.2 Å². The highest BCUT2D eigenvalue weighted by atomic mass is 32.2. The summed E-state index contributed by atoms with van der Waals surface area (Å²) in [7, 11) is -0.750. The predicted molar refractivity (Wildman–Crippen MR) is 89.8 cm³/mol. The molecule has 0 radical (unpaired) electrons. The Morgan fingerprint density at radius 1 is 1.12 bits per heavy atom. The fourth-order valence-electron chi connectivity index (χ4n) is 2.32. The first kappa shape index (κ1) is 16.1. The molecule has 0 unspecified atom stereocenters. The lowest BCUT2D eigenvalue weighted by Gasteiger charge is -2.12. The van der Waals surface area contributed by atoms with E-state index in [1.807, 2.05) is 0 Å². The van der Waals surface area contributed by atoms with E-state index in [0.717, 1.165) is 0 Å². The lowest BCUT2D eigenvalue weighted by Crippen LogP contribution is -2.16. The Kier molecular flexibility index (Phi) is 4.30. The van der Waals surface area contributed by atoms with E-state index >= 15 is 0 Å². The van der Waals surface area contributed by atoms with Gasteiger partial charge in [0.1, 0.15) is 22.9 Å². The van der Waals surface area contributed by atoms with Crippen molar-refractivity contribution in [1.82, 2.24) is 5.16 Å². The average molecular weight is 348 g/mol. The molecule has 0 bridgehead atoms. The molecule has 0 atom stereocenters. The molecule has 0 saturated heterocycles. The largest absolute Gasteiger partial charge is 0.497 e. The molecule has 0 aliphatic rings. The second-order valence-electron chi connectivity index (χ2n) is 5.05. The molecule has 8 heteroatoms. The molecule has 1 N–H and O–H groups in total. The topological polar surface area (TPSA) is 90.7 Å². The number of benzene rings is 2. The molecule has 3 rings (SSSR count). The maximum atomic E-state index is 12.5. The van der Waals surface area contributed by atoms with Gasteiger partial charge < -0.3 is 14.0 Å². The first-order chi connectivity index (χ1) is 11.5. The smallest absolute Gasteiger partial charge is 0.238 e. The molecule has 7 nitrogen and oxygen atoms in total. The Labute approximate surface area is 139 Å². The zero-order valence-electron chi connectivity index (χ0n) is 13.1. The number of aromatic nitrogens is 1. The van der Waals surface area contributed by atoms with Crippen molar-refractivity contribution in [3.05, 3.63) is 48.2 Å². The van der Waals surface area contributed by atoms with E-state index < -0.39 is 10.0 Å². The van der Waals surface area contributed by atoms with Gasteiger partial charge in [-0.2, -0.15) is 0 Å². The summed E-state index contributed by atoms with van der Waals surface area (Å²) in [6.07, 6.45) is 0. The van der Waals surface area contributed by atoms with Crippen molar-refractivity contribution in [3.8, 4) is 11.5 Å². The molecule has 0 aliphatic heterocycles. The lowest BCUT2D eigenvalue weighted by molar-refractivity contribution is 0.405. The number of hydrogen-bond acceptors (Lipinski definition) is 6. The number of para-hydroxylation sites is 1. The minimum Gasteiger partial charge on any atom is -0.497 e. The van der Waals surface area contributed by atoms with Crippen LogP contribution in [0.2, 0.25) is 0 Å². The van der Waals surface area contributed by atoms with Crippen LogP contribution in [0.4, 0.5) is 5.69 Å². The summed E-state index contributed by atoms with van der Waals surface area (Å²) in [5.74, 6) is 0.592. The highest BCUT2D eigenvalue weighted by molar-refractivity contribution is 7.91. The third-order valence-electron chi connectivity index (χ3n) is 3.45. The third kappa shape index (κ3) is 3.28. The van der Waals surface area contributed by atoms with Crippen LogP contribution in [0.3, 0.4) is 0 Å². The Hall–Kier alpha value is -2.74. The van der Waals surface area contributed by atoms with Crippen LogP contribution >= 0.6 is 0 Å². The normalized spacial score (nSPS) is 11.4. The summed E-state index contributed by atoms with van der Waals surface area (Å²) < 4.78 is 42.9. The monoisotopic (exact) mass is 348 g/mol. The first-order valence-corrected chi connectivity index (χ1v) is 8.73. The third-order valence-corrected chi connectivity index (χ3v) is 4.64. The molecule has 0 fully saturated rings. The van der Waals surface area contributed by atoms with E-state index in [4.69, 9.17) is 14.0 Å². The Bertz CT molecular complexity index is 966. The van der Waals surface area contributed by atoms with Crippen molar-refractivity contribution in [3.63, 3.8) is 0 Å². The van der Waals surface area contributed by atoms with E-state index in [-0.39, 0.29) is 5.75 Å². The van der Waals surface area contributed by atoms with Gasteiger partial charge in [0.05, 0.1) is 19.9 Å². The number of sulfonamides is 1. The van der Waals surface area contributed by atoms with Crippen LogP contribution in [-0.4, -0.2) is 27.8 Å². The number of hydrogen-bond donors (Lipinski definition) is 1. The molecule has 24 heavy (non-hydrogen) atoms. The molecule has 1 aromatic heterocycles. The maximum absolute atomic E-state index is 12.5. The molecule has 3 aromatic rings. The summed E-state index contributed by atoms with van der Waals surface area (Å²) >= 11 is 0. The summed E-state index contributed by atoms with van der Waals surface area (Å²) in [4.78, 5) is 0. The number of rotatable bonds is 6. The van der Waals surface area contributed by atoms with Crippen molar-refractivity contribution < 1.29 is 22.4 Å². The van der Waals surface area contributed by atoms with Crippen molar-refractivity contribution >= 4 is 26.7 Å². The summed E-state index contributed by atoms with van der Waals surface area (Å²) in [5, 5.41) is 4.52. The summed E-state index contributed by atoms with van der Waals surface area (Å²) in [5.41, 5.74) is 1.19. The van der Waals surface area contributed by atoms with Gasteiger partial charge in [0.2, 0.25) is 10.0 Å². The van der Waals surface area contributed by atoms with Crippen molar-refractivity contribution in [2.45, 2.75) is 5.75 Å². The predicted octanol–water partition coefficient (Wildman–Crippen LogP) is 2.79. The van der Waals surface area contributed by atoms with Crippen LogP contribution in [0.15, 0.2) is 47.0 Å². The van der Waals surface area contributed by atoms with Gasteiger partial charge in [-0.15, -0.1) is 0 Å². The minimum atomic E-state index is -3.71. The molecule has 0 amide bonds. The van der Waals surface area contributed by atoms with Gasteiger partial charge in [0, 0.05) is 11.5 Å². The number of nitrogens with zero attached hydrogens (tertiary/aromatic N) is 1. The number of nitrogens with one attached hydrogen (secondary N) is 1. The van der Waals surface area contributed by atoms with Gasteiger partial charge in [0.25, 0.3) is 0 Å². The Balaban J connectivity index is 1.89. The summed E-state index contributed by atoms with van der Waals surface area (Å²) in [6.45, 7) is 0. The van der Waals surface area contributed by atoms with Gasteiger partial charge >= 0.3 is 0 Å². The molecule has 1 heterocycles. The number of methoxy groups -OCH3 is 2. The highest BCUT2D eigenvalue weighted by Gasteiger charge is 2.19. The fraction of sp³-hybridized carbons (Fsp3) is 0.188. The fourth-order valence-corrected chi connectivity index (χ4v) is 3.45. The quantitative estimate of drug-likeness (QED) is 0.736. The number of anilines is 1. The van der Waals surface area contributed by atoms with Gasteiger partial charge in [-0.1, -0.05) is 17.3 Å². The van der Waals surface area contributed by atoms with E-state index in [1.54, 1.807) is 42.5 Å². The van der Waals surface area contributed by atoms with Crippen molar-refractivity contribution in [2.75, 3.05) is 18.9 Å². The van der Waals surface area contributed by atoms with Crippen LogP contribution < -0.4 is 14.2 Å². The van der Waals surface area contributed by atoms with Gasteiger partial charge in [0.15, 0.2) is 5.58 Å². The average Bonchev–Trinajstić information content (AvgIpc) is 2.97. The Morgan fingerprint density at radius 2 is 1.92 bits per heavy atom. The van der Waals surface area contributed by atoms with E-state index in [2.05, 4.69) is 9.88 Å². The summed E-state index contributed by atoms with van der Waals surface area (Å²) in [6, 6.07) is 12.0. The molecular formula is C16H16N2O5S. The van der Waals surface area contributed by atoms with Gasteiger partial charge in [-0.25, -0.2) is 8.42 Å². The second-order valence-corrected chi connectivity index (χ2v) is 6.78. The zero-order valence-corrected chi connectivity index (χ0v) is 14.0. The molecule has 2 aromatic carbocycles. The number of fused-ring (bicyclic) bond motifs is 1. The van der Waals surface area contributed by atoms with Crippen LogP contribution in [-0.2, 0) is 15.8 Å². The first-order valence-electron chi connectivity index (χ1n) is 7.08. The minimum absolute atomic E-state index is 0.296. The standard InChI is InChI=1S/C16H16N2O5S/c1-21-11-7-8-16(22-2)13(9-11)18-24(19,20)10-14-12-5-3-4-6-15(12)23-17-14/h3-9,18H,10H2,1-2H3. The highest BCUT2D eigenvalue weighted by Crippen LogP contribution is 2.30. The van der Waals surface area contributed by atoms with Crippen LogP contribution in [0.1, 0.15) is 5.69 Å². The van der Waals surface area contributed by atoms with Crippen LogP contribution in [0.5, 0.6) is 11.5 Å². The van der Waals surface area contributed by atoms with E-state index in [9.17, 15) is 8.42 Å². The molecule has 0 saturated carbocycles. The van der Waals surface area contributed by atoms with Crippen molar-refractivity contribution in [2.24, 2.45) is 0 Å². The van der Waals surface area contributed by atoms with Gasteiger partial charge in [-0.3, -0.25) is 4.72 Å². The second kappa shape index (κ2) is 6.40. The zero-order chi connectivity index (χ0) is 17.2. The van der Waals surface area contributed by atoms with Crippen LogP contribution in [0.25, 0.3) is 11.0 Å². The lowest BCUT2D eigenvalue weighted by atomic mass is 10.2. The van der Waals surface area contributed by atoms with Crippen molar-refractivity contribution in [1.29, 1.82) is 0 Å². The number of ether oxygens (including phenoxy) is 2. The molecule has 0 spiro atoms. The van der Waals surface area contributed by atoms with Gasteiger partial charge in [-0.05, 0) is 24.3 Å². The SMILES string of the molecule is COc1ccc(OC)c(NS(=O)(=O)Cc2noc3ccccc23)c1. The molecule has 126 valence electrons. The Morgan fingerprint density at radius 3 is 2.67 bits per heavy atom. The molecular weight excluding hydrogens is 332 g/mol. The maximum Gasteiger partial charge on any atom is 0.238 e. The molecule has 0 aliphatic carbocycles.